The molecular weight excluding hydrogens is 216 g/mol. The van der Waals surface area contributed by atoms with Crippen LogP contribution in [0.4, 0.5) is 0 Å². The molecule has 17 heavy (non-hydrogen) atoms. The Hall–Kier alpha value is -0.610. The van der Waals surface area contributed by atoms with Crippen LogP contribution in [0.5, 0.6) is 0 Å². The highest BCUT2D eigenvalue weighted by atomic mass is 16.4. The largest absolute Gasteiger partial charge is 0.480 e. The van der Waals surface area contributed by atoms with Gasteiger partial charge >= 0.3 is 5.97 Å². The van der Waals surface area contributed by atoms with Crippen LogP contribution in [-0.4, -0.2) is 40.1 Å². The minimum absolute atomic E-state index is 0.398. The predicted octanol–water partition coefficient (Wildman–Crippen LogP) is 1.59. The molecule has 0 spiro atoms. The Kier molecular flexibility index (Phi) is 3.73. The van der Waals surface area contributed by atoms with Gasteiger partial charge in [-0.2, -0.15) is 0 Å². The van der Waals surface area contributed by atoms with Gasteiger partial charge in [0.15, 0.2) is 0 Å². The van der Waals surface area contributed by atoms with Gasteiger partial charge in [-0.05, 0) is 45.1 Å². The van der Waals surface area contributed by atoms with Gasteiger partial charge in [-0.1, -0.05) is 13.3 Å². The lowest BCUT2D eigenvalue weighted by molar-refractivity contribution is -0.143. The van der Waals surface area contributed by atoms with Crippen molar-refractivity contribution in [3.63, 3.8) is 0 Å². The Morgan fingerprint density at radius 3 is 2.59 bits per heavy atom. The van der Waals surface area contributed by atoms with Crippen LogP contribution >= 0.6 is 0 Å². The van der Waals surface area contributed by atoms with Crippen LogP contribution in [0.2, 0.25) is 0 Å². The normalized spacial score (nSPS) is 33.2. The maximum Gasteiger partial charge on any atom is 0.323 e. The average molecular weight is 240 g/mol. The molecule has 0 aromatic carbocycles. The molecule has 0 aromatic heterocycles. The van der Waals surface area contributed by atoms with Gasteiger partial charge in [0.05, 0.1) is 0 Å². The molecule has 0 bridgehead atoms. The summed E-state index contributed by atoms with van der Waals surface area (Å²) in [5.74, 6) is -0.828. The summed E-state index contributed by atoms with van der Waals surface area (Å²) < 4.78 is 0. The van der Waals surface area contributed by atoms with E-state index in [1.54, 1.807) is 0 Å². The molecule has 0 aromatic rings. The lowest BCUT2D eigenvalue weighted by Crippen LogP contribution is -2.47. The van der Waals surface area contributed by atoms with Crippen molar-refractivity contribution in [2.75, 3.05) is 6.54 Å². The van der Waals surface area contributed by atoms with E-state index in [4.69, 9.17) is 10.8 Å². The number of unbranched alkanes of at least 4 members (excludes halogenated alkanes) is 1. The van der Waals surface area contributed by atoms with Gasteiger partial charge < -0.3 is 10.8 Å². The number of carbonyl (C=O) groups is 1. The molecule has 4 nitrogen and oxygen atoms in total. The quantitative estimate of drug-likeness (QED) is 0.740. The van der Waals surface area contributed by atoms with Crippen molar-refractivity contribution >= 4 is 5.97 Å². The minimum atomic E-state index is -0.968. The van der Waals surface area contributed by atoms with Crippen LogP contribution < -0.4 is 5.73 Å². The van der Waals surface area contributed by atoms with E-state index < -0.39 is 11.5 Å². The van der Waals surface area contributed by atoms with E-state index in [1.165, 1.54) is 25.7 Å². The number of hydrogen-bond donors (Lipinski definition) is 2. The average Bonchev–Trinajstić information content (AvgIpc) is 3.03. The zero-order valence-corrected chi connectivity index (χ0v) is 10.7. The molecule has 2 aliphatic carbocycles. The van der Waals surface area contributed by atoms with Crippen LogP contribution in [0.25, 0.3) is 0 Å². The molecule has 0 heterocycles. The summed E-state index contributed by atoms with van der Waals surface area (Å²) in [6, 6.07) is 1.11. The van der Waals surface area contributed by atoms with Gasteiger partial charge in [0.1, 0.15) is 5.54 Å². The number of carboxylic acids is 1. The van der Waals surface area contributed by atoms with Crippen molar-refractivity contribution in [2.45, 2.75) is 69.5 Å². The first-order valence-corrected chi connectivity index (χ1v) is 6.85. The fourth-order valence-corrected chi connectivity index (χ4v) is 2.94. The van der Waals surface area contributed by atoms with Crippen molar-refractivity contribution in [2.24, 2.45) is 5.73 Å². The molecule has 3 N–H and O–H groups in total. The zero-order chi connectivity index (χ0) is 12.5. The SMILES string of the molecule is CCCCN(C1CC1)C1CCC(N)(C(=O)O)C1. The monoisotopic (exact) mass is 240 g/mol. The topological polar surface area (TPSA) is 66.6 Å². The van der Waals surface area contributed by atoms with Gasteiger partial charge in [-0.15, -0.1) is 0 Å². The molecule has 2 fully saturated rings. The second-order valence-electron chi connectivity index (χ2n) is 5.68. The number of rotatable bonds is 6. The smallest absolute Gasteiger partial charge is 0.323 e. The Morgan fingerprint density at radius 1 is 1.41 bits per heavy atom. The Bertz CT molecular complexity index is 291. The molecule has 0 radical (unpaired) electrons. The van der Waals surface area contributed by atoms with Crippen LogP contribution in [0.1, 0.15) is 51.9 Å². The van der Waals surface area contributed by atoms with E-state index in [-0.39, 0.29) is 0 Å². The van der Waals surface area contributed by atoms with Crippen LogP contribution in [0, 0.1) is 0 Å². The number of aliphatic carboxylic acids is 1. The molecule has 0 saturated heterocycles. The fraction of sp³-hybridized carbons (Fsp3) is 0.923. The van der Waals surface area contributed by atoms with Gasteiger partial charge in [0.25, 0.3) is 0 Å². The van der Waals surface area contributed by atoms with E-state index in [1.807, 2.05) is 0 Å². The molecule has 4 heteroatoms. The van der Waals surface area contributed by atoms with E-state index in [0.29, 0.717) is 24.9 Å². The van der Waals surface area contributed by atoms with Crippen molar-refractivity contribution in [3.8, 4) is 0 Å². The third-order valence-electron chi connectivity index (χ3n) is 4.20. The molecule has 2 rings (SSSR count). The lowest BCUT2D eigenvalue weighted by Gasteiger charge is -2.29. The van der Waals surface area contributed by atoms with Crippen molar-refractivity contribution in [1.82, 2.24) is 4.90 Å². The van der Waals surface area contributed by atoms with E-state index >= 15 is 0 Å². The summed E-state index contributed by atoms with van der Waals surface area (Å²) in [4.78, 5) is 13.7. The highest BCUT2D eigenvalue weighted by molar-refractivity contribution is 5.79. The maximum atomic E-state index is 11.1. The van der Waals surface area contributed by atoms with Crippen molar-refractivity contribution in [1.29, 1.82) is 0 Å². The summed E-state index contributed by atoms with van der Waals surface area (Å²) in [6.07, 6.45) is 7.17. The molecule has 2 atom stereocenters. The molecule has 2 saturated carbocycles. The molecule has 98 valence electrons. The zero-order valence-electron chi connectivity index (χ0n) is 10.7. The Balaban J connectivity index is 1.94. The maximum absolute atomic E-state index is 11.1. The third kappa shape index (κ3) is 2.80. The fourth-order valence-electron chi connectivity index (χ4n) is 2.94. The Morgan fingerprint density at radius 2 is 2.12 bits per heavy atom. The second kappa shape index (κ2) is 4.94. The number of nitrogens with zero attached hydrogens (tertiary/aromatic N) is 1. The molecule has 0 aliphatic heterocycles. The first kappa shape index (κ1) is 12.8. The van der Waals surface area contributed by atoms with Crippen LogP contribution in [0.15, 0.2) is 0 Å². The van der Waals surface area contributed by atoms with E-state index in [0.717, 1.165) is 13.0 Å². The first-order chi connectivity index (χ1) is 8.07. The first-order valence-electron chi connectivity index (χ1n) is 6.85. The molecular formula is C13H24N2O2. The molecule has 2 unspecified atom stereocenters. The third-order valence-corrected chi connectivity index (χ3v) is 4.20. The van der Waals surface area contributed by atoms with Crippen LogP contribution in [-0.2, 0) is 4.79 Å². The standard InChI is InChI=1S/C13H24N2O2/c1-2-3-8-15(10-4-5-10)11-6-7-13(14,9-11)12(16)17/h10-11H,2-9,14H2,1H3,(H,16,17). The van der Waals surface area contributed by atoms with Crippen molar-refractivity contribution in [3.05, 3.63) is 0 Å². The lowest BCUT2D eigenvalue weighted by atomic mass is 9.99. The summed E-state index contributed by atoms with van der Waals surface area (Å²) in [6.45, 7) is 3.31. The van der Waals surface area contributed by atoms with E-state index in [9.17, 15) is 4.79 Å². The summed E-state index contributed by atoms with van der Waals surface area (Å²) in [5, 5.41) is 9.16. The Labute approximate surface area is 103 Å². The van der Waals surface area contributed by atoms with Crippen LogP contribution in [0.3, 0.4) is 0 Å². The minimum Gasteiger partial charge on any atom is -0.480 e. The summed E-state index contributed by atoms with van der Waals surface area (Å²) >= 11 is 0. The van der Waals surface area contributed by atoms with Gasteiger partial charge in [0.2, 0.25) is 0 Å². The van der Waals surface area contributed by atoms with E-state index in [2.05, 4.69) is 11.8 Å². The van der Waals surface area contributed by atoms with Gasteiger partial charge in [-0.25, -0.2) is 0 Å². The number of nitrogens with two attached hydrogens (primary N) is 1. The highest BCUT2D eigenvalue weighted by Crippen LogP contribution is 2.37. The number of carboxylic acid groups (broad SMARTS) is 1. The van der Waals surface area contributed by atoms with Gasteiger partial charge in [0, 0.05) is 12.1 Å². The highest BCUT2D eigenvalue weighted by Gasteiger charge is 2.46. The number of hydrogen-bond acceptors (Lipinski definition) is 3. The summed E-state index contributed by atoms with van der Waals surface area (Å²) in [7, 11) is 0. The molecule has 2 aliphatic rings. The van der Waals surface area contributed by atoms with Gasteiger partial charge in [-0.3, -0.25) is 9.69 Å². The van der Waals surface area contributed by atoms with Crippen molar-refractivity contribution < 1.29 is 9.90 Å². The predicted molar refractivity (Wildman–Crippen MR) is 66.8 cm³/mol. The summed E-state index contributed by atoms with van der Waals surface area (Å²) in [5.41, 5.74) is 4.98. The second-order valence-corrected chi connectivity index (χ2v) is 5.68. The molecule has 0 amide bonds.